The van der Waals surface area contributed by atoms with Gasteiger partial charge < -0.3 is 9.88 Å². The molecule has 0 unspecified atom stereocenters. The average molecular weight is 296 g/mol. The number of hydrogen-bond acceptors (Lipinski definition) is 6. The summed E-state index contributed by atoms with van der Waals surface area (Å²) >= 11 is 0. The molecule has 0 saturated heterocycles. The fourth-order valence-corrected chi connectivity index (χ4v) is 2.67. The average Bonchev–Trinajstić information content (AvgIpc) is 2.84. The second-order valence-electron chi connectivity index (χ2n) is 4.13. The van der Waals surface area contributed by atoms with E-state index in [0.717, 1.165) is 5.82 Å². The van der Waals surface area contributed by atoms with Crippen molar-refractivity contribution in [3.05, 3.63) is 30.5 Å². The van der Waals surface area contributed by atoms with Gasteiger partial charge in [0.05, 0.1) is 4.90 Å². The molecule has 0 spiro atoms. The Morgan fingerprint density at radius 3 is 2.85 bits per heavy atom. The number of nitrogens with zero attached hydrogens (tertiary/aromatic N) is 4. The quantitative estimate of drug-likeness (QED) is 0.763. The van der Waals surface area contributed by atoms with Crippen molar-refractivity contribution in [3.8, 4) is 0 Å². The molecule has 0 fully saturated rings. The summed E-state index contributed by atoms with van der Waals surface area (Å²) in [6, 6.07) is 2.93. The molecule has 0 atom stereocenters. The van der Waals surface area contributed by atoms with Crippen molar-refractivity contribution in [2.45, 2.75) is 11.3 Å². The fourth-order valence-electron chi connectivity index (χ4n) is 1.63. The highest BCUT2D eigenvalue weighted by molar-refractivity contribution is 7.89. The maximum absolute atomic E-state index is 12.1. The first kappa shape index (κ1) is 14.4. The maximum Gasteiger partial charge on any atom is 0.240 e. The summed E-state index contributed by atoms with van der Waals surface area (Å²) in [6.45, 7) is 0.256. The highest BCUT2D eigenvalue weighted by Gasteiger charge is 2.14. The molecule has 8 nitrogen and oxygen atoms in total. The summed E-state index contributed by atoms with van der Waals surface area (Å²) < 4.78 is 28.5. The fraction of sp³-hybridized carbons (Fsp3) is 0.364. The van der Waals surface area contributed by atoms with E-state index in [-0.39, 0.29) is 11.4 Å². The normalized spacial score (nSPS) is 11.5. The first-order valence-electron chi connectivity index (χ1n) is 5.99. The lowest BCUT2D eigenvalue weighted by Gasteiger charge is -2.07. The monoisotopic (exact) mass is 296 g/mol. The number of hydrogen-bond donors (Lipinski definition) is 2. The van der Waals surface area contributed by atoms with Gasteiger partial charge in [0.25, 0.3) is 0 Å². The minimum atomic E-state index is -3.55. The molecule has 0 aliphatic carbocycles. The van der Waals surface area contributed by atoms with Crippen LogP contribution < -0.4 is 10.0 Å². The maximum atomic E-state index is 12.1. The SMILES string of the molecule is CNc1cc(S(=O)(=O)NCCc2nncn2C)ccn1. The predicted molar refractivity (Wildman–Crippen MR) is 73.7 cm³/mol. The van der Waals surface area contributed by atoms with E-state index < -0.39 is 10.0 Å². The second kappa shape index (κ2) is 5.97. The Labute approximate surface area is 117 Å². The van der Waals surface area contributed by atoms with Gasteiger partial charge in [0.1, 0.15) is 18.0 Å². The predicted octanol–water partition coefficient (Wildman–Crippen LogP) is -0.227. The van der Waals surface area contributed by atoms with Crippen LogP contribution in [0.25, 0.3) is 0 Å². The molecule has 0 aromatic carbocycles. The number of anilines is 1. The van der Waals surface area contributed by atoms with Crippen molar-refractivity contribution in [2.24, 2.45) is 7.05 Å². The lowest BCUT2D eigenvalue weighted by Crippen LogP contribution is -2.26. The molecule has 2 heterocycles. The first-order chi connectivity index (χ1) is 9.53. The van der Waals surface area contributed by atoms with Gasteiger partial charge in [-0.05, 0) is 6.07 Å². The van der Waals surface area contributed by atoms with Gasteiger partial charge in [-0.25, -0.2) is 18.1 Å². The number of pyridine rings is 1. The summed E-state index contributed by atoms with van der Waals surface area (Å²) in [4.78, 5) is 4.15. The van der Waals surface area contributed by atoms with E-state index >= 15 is 0 Å². The highest BCUT2D eigenvalue weighted by Crippen LogP contribution is 2.11. The van der Waals surface area contributed by atoms with Crippen LogP contribution >= 0.6 is 0 Å². The van der Waals surface area contributed by atoms with Crippen molar-refractivity contribution in [1.29, 1.82) is 0 Å². The van der Waals surface area contributed by atoms with Gasteiger partial charge in [-0.2, -0.15) is 0 Å². The molecular formula is C11H16N6O2S. The van der Waals surface area contributed by atoms with E-state index in [2.05, 4.69) is 25.2 Å². The van der Waals surface area contributed by atoms with Gasteiger partial charge in [-0.15, -0.1) is 10.2 Å². The van der Waals surface area contributed by atoms with E-state index in [0.29, 0.717) is 12.2 Å². The molecule has 0 aliphatic rings. The van der Waals surface area contributed by atoms with E-state index in [1.165, 1.54) is 18.3 Å². The molecular weight excluding hydrogens is 280 g/mol. The number of rotatable bonds is 6. The van der Waals surface area contributed by atoms with Gasteiger partial charge in [0.2, 0.25) is 10.0 Å². The number of aromatic nitrogens is 4. The van der Waals surface area contributed by atoms with Gasteiger partial charge in [-0.1, -0.05) is 0 Å². The van der Waals surface area contributed by atoms with Crippen LogP contribution in [0.1, 0.15) is 5.82 Å². The van der Waals surface area contributed by atoms with Crippen LogP contribution in [0.2, 0.25) is 0 Å². The third-order valence-corrected chi connectivity index (χ3v) is 4.20. The van der Waals surface area contributed by atoms with E-state index in [9.17, 15) is 8.42 Å². The van der Waals surface area contributed by atoms with E-state index in [1.807, 2.05) is 7.05 Å². The van der Waals surface area contributed by atoms with Gasteiger partial charge >= 0.3 is 0 Å². The molecule has 0 amide bonds. The van der Waals surface area contributed by atoms with Crippen LogP contribution in [-0.4, -0.2) is 41.8 Å². The summed E-state index contributed by atoms with van der Waals surface area (Å²) in [5.74, 6) is 1.22. The lowest BCUT2D eigenvalue weighted by atomic mass is 10.4. The standard InChI is InChI=1S/C11H16N6O2S/c1-12-10-7-9(3-5-13-10)20(18,19)15-6-4-11-16-14-8-17(11)2/h3,5,7-8,15H,4,6H2,1-2H3,(H,12,13). The van der Waals surface area contributed by atoms with Gasteiger partial charge in [0, 0.05) is 39.3 Å². The second-order valence-corrected chi connectivity index (χ2v) is 5.90. The van der Waals surface area contributed by atoms with E-state index in [4.69, 9.17) is 0 Å². The minimum absolute atomic E-state index is 0.176. The highest BCUT2D eigenvalue weighted by atomic mass is 32.2. The summed E-state index contributed by atoms with van der Waals surface area (Å²) in [5, 5.41) is 10.4. The van der Waals surface area contributed by atoms with Crippen LogP contribution in [-0.2, 0) is 23.5 Å². The van der Waals surface area contributed by atoms with Gasteiger partial charge in [0.15, 0.2) is 0 Å². The number of nitrogens with one attached hydrogen (secondary N) is 2. The van der Waals surface area contributed by atoms with Crippen molar-refractivity contribution in [3.63, 3.8) is 0 Å². The Hall–Kier alpha value is -2.00. The molecule has 0 saturated carbocycles. The summed E-state index contributed by atoms with van der Waals surface area (Å²) in [5.41, 5.74) is 0. The molecule has 2 N–H and O–H groups in total. The topological polar surface area (TPSA) is 102 Å². The van der Waals surface area contributed by atoms with Crippen molar-refractivity contribution in [1.82, 2.24) is 24.5 Å². The largest absolute Gasteiger partial charge is 0.373 e. The smallest absolute Gasteiger partial charge is 0.240 e. The zero-order chi connectivity index (χ0) is 14.6. The molecule has 0 aliphatic heterocycles. The Morgan fingerprint density at radius 2 is 2.20 bits per heavy atom. The molecule has 2 rings (SSSR count). The molecule has 20 heavy (non-hydrogen) atoms. The minimum Gasteiger partial charge on any atom is -0.373 e. The van der Waals surface area contributed by atoms with Crippen LogP contribution in [0.3, 0.4) is 0 Å². The number of aryl methyl sites for hydroxylation is 1. The van der Waals surface area contributed by atoms with Crippen LogP contribution in [0.5, 0.6) is 0 Å². The summed E-state index contributed by atoms with van der Waals surface area (Å²) in [6.07, 6.45) is 3.49. The van der Waals surface area contributed by atoms with Crippen molar-refractivity contribution < 1.29 is 8.42 Å². The van der Waals surface area contributed by atoms with Crippen molar-refractivity contribution in [2.75, 3.05) is 18.9 Å². The molecule has 0 bridgehead atoms. The van der Waals surface area contributed by atoms with E-state index in [1.54, 1.807) is 17.9 Å². The molecule has 108 valence electrons. The third kappa shape index (κ3) is 3.31. The van der Waals surface area contributed by atoms with Crippen LogP contribution in [0.4, 0.5) is 5.82 Å². The van der Waals surface area contributed by atoms with Crippen molar-refractivity contribution >= 4 is 15.8 Å². The molecule has 0 radical (unpaired) electrons. The Balaban J connectivity index is 2.02. The van der Waals surface area contributed by atoms with Crippen LogP contribution in [0.15, 0.2) is 29.6 Å². The Bertz CT molecular complexity index is 682. The van der Waals surface area contributed by atoms with Crippen LogP contribution in [0, 0.1) is 0 Å². The first-order valence-corrected chi connectivity index (χ1v) is 7.47. The molecule has 2 aromatic heterocycles. The third-order valence-electron chi connectivity index (χ3n) is 2.74. The summed E-state index contributed by atoms with van der Waals surface area (Å²) in [7, 11) is -0.0542. The zero-order valence-corrected chi connectivity index (χ0v) is 12.1. The lowest BCUT2D eigenvalue weighted by molar-refractivity contribution is 0.580. The number of sulfonamides is 1. The molecule has 9 heteroatoms. The Morgan fingerprint density at radius 1 is 1.40 bits per heavy atom. The molecule has 2 aromatic rings. The zero-order valence-electron chi connectivity index (χ0n) is 11.2. The van der Waals surface area contributed by atoms with Gasteiger partial charge in [-0.3, -0.25) is 0 Å². The Kier molecular flexibility index (Phi) is 4.30.